The van der Waals surface area contributed by atoms with Crippen LogP contribution in [0.5, 0.6) is 0 Å². The van der Waals surface area contributed by atoms with Gasteiger partial charge in [-0.15, -0.1) is 0 Å². The first-order valence-electron chi connectivity index (χ1n) is 11.5. The minimum atomic E-state index is -0.133. The summed E-state index contributed by atoms with van der Waals surface area (Å²) in [4.78, 5) is 31.4. The molecule has 0 amide bonds. The van der Waals surface area contributed by atoms with Gasteiger partial charge in [-0.3, -0.25) is 19.3 Å². The average molecular weight is 476 g/mol. The molecule has 8 nitrogen and oxygen atoms in total. The summed E-state index contributed by atoms with van der Waals surface area (Å²) in [6, 6.07) is 7.77. The highest BCUT2D eigenvalue weighted by Gasteiger charge is 2.18. The SMILES string of the molecule is CCn1c(=O)c(-c2ccc(-c3nccnc3C)cc2Cl)cc2cnc(NC3CCNCC3)nc21. The van der Waals surface area contributed by atoms with Gasteiger partial charge in [0.05, 0.1) is 11.4 Å². The molecule has 0 unspecified atom stereocenters. The summed E-state index contributed by atoms with van der Waals surface area (Å²) < 4.78 is 1.68. The summed E-state index contributed by atoms with van der Waals surface area (Å²) in [7, 11) is 0. The van der Waals surface area contributed by atoms with Crippen molar-refractivity contribution < 1.29 is 0 Å². The molecule has 0 saturated carbocycles. The van der Waals surface area contributed by atoms with Crippen molar-refractivity contribution in [1.29, 1.82) is 0 Å². The molecule has 0 aliphatic carbocycles. The maximum absolute atomic E-state index is 13.5. The molecular formula is C25H26ClN7O. The molecule has 174 valence electrons. The van der Waals surface area contributed by atoms with Gasteiger partial charge in [0, 0.05) is 58.3 Å². The van der Waals surface area contributed by atoms with Gasteiger partial charge in [0.1, 0.15) is 5.65 Å². The van der Waals surface area contributed by atoms with Crippen LogP contribution in [0.4, 0.5) is 5.95 Å². The van der Waals surface area contributed by atoms with Crippen molar-refractivity contribution in [1.82, 2.24) is 29.8 Å². The highest BCUT2D eigenvalue weighted by Crippen LogP contribution is 2.32. The second-order valence-corrected chi connectivity index (χ2v) is 8.84. The minimum Gasteiger partial charge on any atom is -0.351 e. The lowest BCUT2D eigenvalue weighted by Crippen LogP contribution is -2.35. The molecule has 0 spiro atoms. The van der Waals surface area contributed by atoms with Gasteiger partial charge in [0.25, 0.3) is 5.56 Å². The van der Waals surface area contributed by atoms with Gasteiger partial charge in [-0.2, -0.15) is 4.98 Å². The number of hydrogen-bond donors (Lipinski definition) is 2. The number of piperidine rings is 1. The maximum atomic E-state index is 13.5. The Labute approximate surface area is 202 Å². The maximum Gasteiger partial charge on any atom is 0.260 e. The number of aromatic nitrogens is 5. The van der Waals surface area contributed by atoms with Crippen LogP contribution in [0.25, 0.3) is 33.4 Å². The average Bonchev–Trinajstić information content (AvgIpc) is 2.85. The highest BCUT2D eigenvalue weighted by molar-refractivity contribution is 6.33. The highest BCUT2D eigenvalue weighted by atomic mass is 35.5. The molecule has 4 aromatic rings. The van der Waals surface area contributed by atoms with Crippen LogP contribution in [0.1, 0.15) is 25.5 Å². The van der Waals surface area contributed by atoms with E-state index in [9.17, 15) is 4.79 Å². The smallest absolute Gasteiger partial charge is 0.260 e. The first kappa shape index (κ1) is 22.4. The lowest BCUT2D eigenvalue weighted by Gasteiger charge is -2.23. The molecule has 2 N–H and O–H groups in total. The Kier molecular flexibility index (Phi) is 6.26. The predicted octanol–water partition coefficient (Wildman–Crippen LogP) is 4.06. The van der Waals surface area contributed by atoms with Gasteiger partial charge in [-0.25, -0.2) is 4.98 Å². The quantitative estimate of drug-likeness (QED) is 0.449. The molecule has 34 heavy (non-hydrogen) atoms. The number of aryl methyl sites for hydroxylation is 2. The number of benzene rings is 1. The zero-order valence-corrected chi connectivity index (χ0v) is 19.9. The predicted molar refractivity (Wildman–Crippen MR) is 135 cm³/mol. The van der Waals surface area contributed by atoms with E-state index in [-0.39, 0.29) is 5.56 Å². The molecule has 0 radical (unpaired) electrons. The van der Waals surface area contributed by atoms with Crippen molar-refractivity contribution in [2.75, 3.05) is 18.4 Å². The molecule has 0 atom stereocenters. The Morgan fingerprint density at radius 3 is 2.65 bits per heavy atom. The lowest BCUT2D eigenvalue weighted by atomic mass is 10.0. The van der Waals surface area contributed by atoms with Crippen LogP contribution in [0, 0.1) is 6.92 Å². The number of hydrogen-bond acceptors (Lipinski definition) is 7. The van der Waals surface area contributed by atoms with Crippen LogP contribution in [-0.2, 0) is 6.54 Å². The molecule has 1 saturated heterocycles. The van der Waals surface area contributed by atoms with Gasteiger partial charge in [-0.1, -0.05) is 23.7 Å². The molecule has 5 rings (SSSR count). The fraction of sp³-hybridized carbons (Fsp3) is 0.320. The van der Waals surface area contributed by atoms with Crippen LogP contribution in [0.15, 0.2) is 47.7 Å². The van der Waals surface area contributed by atoms with E-state index in [1.807, 2.05) is 38.1 Å². The van der Waals surface area contributed by atoms with Crippen molar-refractivity contribution in [3.8, 4) is 22.4 Å². The van der Waals surface area contributed by atoms with Crippen molar-refractivity contribution >= 4 is 28.6 Å². The number of nitrogens with zero attached hydrogens (tertiary/aromatic N) is 5. The van der Waals surface area contributed by atoms with Crippen LogP contribution in [0.2, 0.25) is 5.02 Å². The van der Waals surface area contributed by atoms with E-state index in [4.69, 9.17) is 16.6 Å². The molecule has 1 aliphatic rings. The van der Waals surface area contributed by atoms with E-state index in [1.165, 1.54) is 0 Å². The fourth-order valence-corrected chi connectivity index (χ4v) is 4.72. The van der Waals surface area contributed by atoms with Crippen LogP contribution in [-0.4, -0.2) is 43.6 Å². The molecule has 0 bridgehead atoms. The number of pyridine rings is 1. The Morgan fingerprint density at radius 1 is 1.12 bits per heavy atom. The largest absolute Gasteiger partial charge is 0.351 e. The molecule has 1 fully saturated rings. The summed E-state index contributed by atoms with van der Waals surface area (Å²) in [6.45, 7) is 6.28. The zero-order chi connectivity index (χ0) is 23.7. The van der Waals surface area contributed by atoms with E-state index in [0.29, 0.717) is 40.3 Å². The number of nitrogens with one attached hydrogen (secondary N) is 2. The van der Waals surface area contributed by atoms with Gasteiger partial charge in [-0.05, 0) is 51.9 Å². The van der Waals surface area contributed by atoms with E-state index in [2.05, 4.69) is 25.6 Å². The van der Waals surface area contributed by atoms with Crippen molar-refractivity contribution in [3.63, 3.8) is 0 Å². The first-order chi connectivity index (χ1) is 16.5. The summed E-state index contributed by atoms with van der Waals surface area (Å²) in [6.07, 6.45) is 7.12. The van der Waals surface area contributed by atoms with Gasteiger partial charge < -0.3 is 10.6 Å². The third kappa shape index (κ3) is 4.26. The van der Waals surface area contributed by atoms with Gasteiger partial charge in [0.15, 0.2) is 0 Å². The zero-order valence-electron chi connectivity index (χ0n) is 19.2. The molecule has 1 aromatic carbocycles. The summed E-state index contributed by atoms with van der Waals surface area (Å²) in [5, 5.41) is 8.04. The van der Waals surface area contributed by atoms with Crippen LogP contribution < -0.4 is 16.2 Å². The van der Waals surface area contributed by atoms with E-state index < -0.39 is 0 Å². The van der Waals surface area contributed by atoms with Gasteiger partial charge >= 0.3 is 0 Å². The Balaban J connectivity index is 1.55. The second-order valence-electron chi connectivity index (χ2n) is 8.43. The number of halogens is 1. The monoisotopic (exact) mass is 475 g/mol. The summed E-state index contributed by atoms with van der Waals surface area (Å²) in [5.41, 5.74) is 4.10. The standard InChI is InChI=1S/C25H26ClN7O/c1-3-33-23-17(14-30-25(32-23)31-18-6-8-27-9-7-18)12-20(24(33)34)19-5-4-16(13-21(19)26)22-15(2)28-10-11-29-22/h4-5,10-14,18,27H,3,6-9H2,1-2H3,(H,30,31,32). The van der Waals surface area contributed by atoms with Crippen LogP contribution in [0.3, 0.4) is 0 Å². The Morgan fingerprint density at radius 2 is 1.91 bits per heavy atom. The summed E-state index contributed by atoms with van der Waals surface area (Å²) in [5.74, 6) is 0.551. The molecule has 4 heterocycles. The number of fused-ring (bicyclic) bond motifs is 1. The molecule has 9 heteroatoms. The molecule has 3 aromatic heterocycles. The van der Waals surface area contributed by atoms with Crippen molar-refractivity contribution in [3.05, 3.63) is 63.9 Å². The third-order valence-electron chi connectivity index (χ3n) is 6.23. The van der Waals surface area contributed by atoms with E-state index in [0.717, 1.165) is 48.3 Å². The Bertz CT molecular complexity index is 1410. The second kappa shape index (κ2) is 9.48. The third-order valence-corrected chi connectivity index (χ3v) is 6.54. The minimum absolute atomic E-state index is 0.133. The molecule has 1 aliphatic heterocycles. The van der Waals surface area contributed by atoms with E-state index >= 15 is 0 Å². The topological polar surface area (TPSA) is 97.6 Å². The van der Waals surface area contributed by atoms with Gasteiger partial charge in [0.2, 0.25) is 5.95 Å². The van der Waals surface area contributed by atoms with Crippen molar-refractivity contribution in [2.24, 2.45) is 0 Å². The van der Waals surface area contributed by atoms with Crippen LogP contribution >= 0.6 is 11.6 Å². The normalized spacial score (nSPS) is 14.4. The lowest BCUT2D eigenvalue weighted by molar-refractivity contribution is 0.477. The number of rotatable bonds is 5. The number of anilines is 1. The first-order valence-corrected chi connectivity index (χ1v) is 11.9. The fourth-order valence-electron chi connectivity index (χ4n) is 4.44. The molecular weight excluding hydrogens is 450 g/mol. The Hall–Kier alpha value is -3.36. The van der Waals surface area contributed by atoms with E-state index in [1.54, 1.807) is 23.2 Å². The van der Waals surface area contributed by atoms with Crippen molar-refractivity contribution in [2.45, 2.75) is 39.3 Å². The summed E-state index contributed by atoms with van der Waals surface area (Å²) >= 11 is 6.68.